The molecule has 0 spiro atoms. The number of aromatic nitrogens is 1. The lowest BCUT2D eigenvalue weighted by atomic mass is 9.99. The van der Waals surface area contributed by atoms with Gasteiger partial charge in [-0.2, -0.15) is 0 Å². The van der Waals surface area contributed by atoms with Crippen molar-refractivity contribution in [3.8, 4) is 11.3 Å². The van der Waals surface area contributed by atoms with E-state index in [1.54, 1.807) is 0 Å². The molecule has 0 aliphatic rings. The van der Waals surface area contributed by atoms with E-state index in [4.69, 9.17) is 4.52 Å². The average molecular weight is 370 g/mol. The van der Waals surface area contributed by atoms with Crippen LogP contribution in [0.3, 0.4) is 0 Å². The van der Waals surface area contributed by atoms with Gasteiger partial charge in [-0.1, -0.05) is 91.0 Å². The first-order valence-corrected chi connectivity index (χ1v) is 8.92. The Labute approximate surface area is 161 Å². The Morgan fingerprint density at radius 1 is 0.786 bits per heavy atom. The zero-order chi connectivity index (χ0) is 19.3. The highest BCUT2D eigenvalue weighted by Crippen LogP contribution is 2.23. The smallest absolute Gasteiger partial charge is 0.327 e. The minimum absolute atomic E-state index is 0.383. The van der Waals surface area contributed by atoms with Gasteiger partial charge in [0.2, 0.25) is 0 Å². The summed E-state index contributed by atoms with van der Waals surface area (Å²) in [5.41, 5.74) is 2.41. The van der Waals surface area contributed by atoms with Crippen molar-refractivity contribution in [3.05, 3.63) is 119 Å². The number of amides is 1. The zero-order valence-electron chi connectivity index (χ0n) is 15.0. The Morgan fingerprint density at radius 2 is 1.29 bits per heavy atom. The molecule has 1 N–H and O–H groups in total. The van der Waals surface area contributed by atoms with Crippen LogP contribution in [0.15, 0.2) is 106 Å². The van der Waals surface area contributed by atoms with E-state index >= 15 is 0 Å². The lowest BCUT2D eigenvalue weighted by molar-refractivity contribution is 0.206. The molecule has 0 saturated carbocycles. The van der Waals surface area contributed by atoms with Gasteiger partial charge in [-0.15, -0.1) is 4.74 Å². The van der Waals surface area contributed by atoms with Crippen LogP contribution in [0, 0.1) is 0 Å². The molecule has 138 valence electrons. The lowest BCUT2D eigenvalue weighted by Crippen LogP contribution is -2.33. The van der Waals surface area contributed by atoms with Gasteiger partial charge in [0.15, 0.2) is 0 Å². The molecule has 0 radical (unpaired) electrons. The fraction of sp³-hybridized carbons (Fsp3) is 0.0435. The minimum atomic E-state index is -0.579. The molecule has 1 aromatic heterocycles. The fourth-order valence-electron chi connectivity index (χ4n) is 3.13. The van der Waals surface area contributed by atoms with Gasteiger partial charge < -0.3 is 9.84 Å². The topological polar surface area (TPSA) is 64.2 Å². The Kier molecular flexibility index (Phi) is 4.89. The molecule has 28 heavy (non-hydrogen) atoms. The predicted molar refractivity (Wildman–Crippen MR) is 107 cm³/mol. The molecule has 0 aliphatic heterocycles. The highest BCUT2D eigenvalue weighted by Gasteiger charge is 2.21. The summed E-state index contributed by atoms with van der Waals surface area (Å²) in [6.07, 6.45) is 0. The third-order valence-electron chi connectivity index (χ3n) is 4.44. The molecule has 1 amide bonds. The standard InChI is InChI=1S/C23H18N2O3/c26-21-16-20(17-10-4-1-5-11-17)25(28-21)23(27)24-22(18-12-6-2-7-13-18)19-14-8-3-9-15-19/h1-16,22H,(H,24,27). The molecular weight excluding hydrogens is 352 g/mol. The maximum Gasteiger partial charge on any atom is 0.358 e. The number of carbonyl (C=O) groups excluding carboxylic acids is 1. The van der Waals surface area contributed by atoms with E-state index < -0.39 is 11.7 Å². The summed E-state index contributed by atoms with van der Waals surface area (Å²) in [4.78, 5) is 24.9. The largest absolute Gasteiger partial charge is 0.358 e. The van der Waals surface area contributed by atoms with Gasteiger partial charge in [-0.05, 0) is 11.1 Å². The fourth-order valence-corrected chi connectivity index (χ4v) is 3.13. The number of rotatable bonds is 4. The molecule has 0 fully saturated rings. The van der Waals surface area contributed by atoms with Crippen LogP contribution in [0.2, 0.25) is 0 Å². The molecule has 0 unspecified atom stereocenters. The number of nitrogens with one attached hydrogen (secondary N) is 1. The summed E-state index contributed by atoms with van der Waals surface area (Å²) in [7, 11) is 0. The van der Waals surface area contributed by atoms with Gasteiger partial charge in [-0.3, -0.25) is 0 Å². The maximum atomic E-state index is 13.0. The second-order valence-electron chi connectivity index (χ2n) is 6.30. The van der Waals surface area contributed by atoms with Crippen molar-refractivity contribution >= 4 is 6.03 Å². The van der Waals surface area contributed by atoms with Crippen molar-refractivity contribution in [2.45, 2.75) is 6.04 Å². The van der Waals surface area contributed by atoms with Gasteiger partial charge in [0.05, 0.1) is 12.1 Å². The third-order valence-corrected chi connectivity index (χ3v) is 4.44. The maximum absolute atomic E-state index is 13.0. The van der Waals surface area contributed by atoms with Crippen LogP contribution < -0.4 is 10.9 Å². The average Bonchev–Trinajstić information content (AvgIpc) is 3.15. The number of hydrogen-bond acceptors (Lipinski definition) is 3. The van der Waals surface area contributed by atoms with Crippen molar-refractivity contribution < 1.29 is 9.32 Å². The van der Waals surface area contributed by atoms with Crippen LogP contribution in [0.1, 0.15) is 17.2 Å². The van der Waals surface area contributed by atoms with E-state index in [1.165, 1.54) is 6.07 Å². The van der Waals surface area contributed by atoms with E-state index in [1.807, 2.05) is 91.0 Å². The van der Waals surface area contributed by atoms with Gasteiger partial charge in [0, 0.05) is 5.56 Å². The molecule has 0 atom stereocenters. The van der Waals surface area contributed by atoms with Crippen LogP contribution in [0.4, 0.5) is 4.79 Å². The molecule has 1 heterocycles. The first kappa shape index (κ1) is 17.5. The summed E-state index contributed by atoms with van der Waals surface area (Å²) in [5, 5.41) is 2.98. The molecule has 4 aromatic rings. The Bertz CT molecular complexity index is 1080. The number of nitrogens with zero attached hydrogens (tertiary/aromatic N) is 1. The number of benzene rings is 3. The first-order valence-electron chi connectivity index (χ1n) is 8.92. The van der Waals surface area contributed by atoms with Crippen molar-refractivity contribution in [1.82, 2.24) is 10.1 Å². The van der Waals surface area contributed by atoms with Crippen LogP contribution in [0.25, 0.3) is 11.3 Å². The summed E-state index contributed by atoms with van der Waals surface area (Å²) in [6, 6.07) is 28.9. The summed E-state index contributed by atoms with van der Waals surface area (Å²) >= 11 is 0. The van der Waals surface area contributed by atoms with E-state index in [2.05, 4.69) is 5.32 Å². The SMILES string of the molecule is O=C(NC(c1ccccc1)c1ccccc1)n1oc(=O)cc1-c1ccccc1. The molecule has 0 aliphatic carbocycles. The van der Waals surface area contributed by atoms with E-state index in [0.717, 1.165) is 21.4 Å². The first-order chi connectivity index (χ1) is 13.7. The van der Waals surface area contributed by atoms with Crippen molar-refractivity contribution in [3.63, 3.8) is 0 Å². The molecule has 3 aromatic carbocycles. The summed E-state index contributed by atoms with van der Waals surface area (Å²) in [5.74, 6) is 0. The Hall–Kier alpha value is -3.86. The van der Waals surface area contributed by atoms with Gasteiger partial charge in [0.25, 0.3) is 0 Å². The Morgan fingerprint density at radius 3 is 1.82 bits per heavy atom. The zero-order valence-corrected chi connectivity index (χ0v) is 15.0. The molecule has 5 heteroatoms. The normalized spacial score (nSPS) is 10.8. The molecular formula is C23H18N2O3. The van der Waals surface area contributed by atoms with Gasteiger partial charge in [-0.25, -0.2) is 9.59 Å². The van der Waals surface area contributed by atoms with Crippen LogP contribution in [-0.2, 0) is 0 Å². The van der Waals surface area contributed by atoms with Crippen molar-refractivity contribution in [2.75, 3.05) is 0 Å². The van der Waals surface area contributed by atoms with Gasteiger partial charge in [0.1, 0.15) is 5.69 Å². The quantitative estimate of drug-likeness (QED) is 0.577. The predicted octanol–water partition coefficient (Wildman–Crippen LogP) is 4.46. The highest BCUT2D eigenvalue weighted by atomic mass is 16.5. The summed E-state index contributed by atoms with van der Waals surface area (Å²) < 4.78 is 6.16. The summed E-state index contributed by atoms with van der Waals surface area (Å²) in [6.45, 7) is 0. The third kappa shape index (κ3) is 3.64. The molecule has 0 bridgehead atoms. The van der Waals surface area contributed by atoms with E-state index in [-0.39, 0.29) is 6.04 Å². The molecule has 0 saturated heterocycles. The van der Waals surface area contributed by atoms with Crippen molar-refractivity contribution in [2.24, 2.45) is 0 Å². The van der Waals surface area contributed by atoms with Gasteiger partial charge >= 0.3 is 11.7 Å². The minimum Gasteiger partial charge on any atom is -0.327 e. The second-order valence-corrected chi connectivity index (χ2v) is 6.30. The Balaban J connectivity index is 1.71. The lowest BCUT2D eigenvalue weighted by Gasteiger charge is -2.20. The molecule has 4 rings (SSSR count). The van der Waals surface area contributed by atoms with Crippen LogP contribution in [0.5, 0.6) is 0 Å². The number of carbonyl (C=O) groups is 1. The van der Waals surface area contributed by atoms with Crippen LogP contribution in [-0.4, -0.2) is 10.8 Å². The number of hydrogen-bond donors (Lipinski definition) is 1. The second kappa shape index (κ2) is 7.80. The van der Waals surface area contributed by atoms with Crippen molar-refractivity contribution in [1.29, 1.82) is 0 Å². The molecule has 5 nitrogen and oxygen atoms in total. The van der Waals surface area contributed by atoms with E-state index in [9.17, 15) is 9.59 Å². The van der Waals surface area contributed by atoms with Crippen LogP contribution >= 0.6 is 0 Å². The highest BCUT2D eigenvalue weighted by molar-refractivity contribution is 5.81. The van der Waals surface area contributed by atoms with E-state index in [0.29, 0.717) is 5.69 Å². The monoisotopic (exact) mass is 370 g/mol.